The molecular weight excluding hydrogens is 316 g/mol. The smallest absolute Gasteiger partial charge is 0.262 e. The van der Waals surface area contributed by atoms with Gasteiger partial charge in [0.2, 0.25) is 10.0 Å². The van der Waals surface area contributed by atoms with Gasteiger partial charge in [0.1, 0.15) is 5.75 Å². The minimum absolute atomic E-state index is 0.123. The summed E-state index contributed by atoms with van der Waals surface area (Å²) in [6.07, 6.45) is 0. The summed E-state index contributed by atoms with van der Waals surface area (Å²) in [6.45, 7) is -0.123. The lowest BCUT2D eigenvalue weighted by atomic mass is 10.3. The van der Waals surface area contributed by atoms with Crippen molar-refractivity contribution in [1.29, 1.82) is 0 Å². The van der Waals surface area contributed by atoms with Crippen LogP contribution in [0.3, 0.4) is 0 Å². The minimum atomic E-state index is -3.47. The van der Waals surface area contributed by atoms with Gasteiger partial charge < -0.3 is 10.1 Å². The van der Waals surface area contributed by atoms with Gasteiger partial charge in [-0.3, -0.25) is 4.79 Å². The average Bonchev–Trinajstić information content (AvgIpc) is 2.54. The monoisotopic (exact) mass is 334 g/mol. The summed E-state index contributed by atoms with van der Waals surface area (Å²) in [6, 6.07) is 15.0. The van der Waals surface area contributed by atoms with E-state index in [1.165, 1.54) is 38.4 Å². The second kappa shape index (κ2) is 7.26. The molecule has 0 saturated carbocycles. The van der Waals surface area contributed by atoms with Gasteiger partial charge in [-0.1, -0.05) is 18.2 Å². The molecule has 0 heterocycles. The number of sulfonamides is 1. The van der Waals surface area contributed by atoms with E-state index in [4.69, 9.17) is 4.74 Å². The Kier molecular flexibility index (Phi) is 5.36. The molecule has 0 atom stereocenters. The Balaban J connectivity index is 1.94. The standard InChI is InChI=1S/C16H18N2O4S/c1-18(2)23(20,21)15-10-8-13(9-11-15)17-16(19)12-22-14-6-4-3-5-7-14/h3-11H,12H2,1-2H3,(H,17,19). The summed E-state index contributed by atoms with van der Waals surface area (Å²) < 4.78 is 30.4. The molecule has 2 aromatic rings. The zero-order chi connectivity index (χ0) is 16.9. The van der Waals surface area contributed by atoms with E-state index in [1.54, 1.807) is 12.1 Å². The average molecular weight is 334 g/mol. The fourth-order valence-corrected chi connectivity index (χ4v) is 2.69. The number of carbonyl (C=O) groups is 1. The number of nitrogens with zero attached hydrogens (tertiary/aromatic N) is 1. The number of benzene rings is 2. The number of carbonyl (C=O) groups excluding carboxylic acids is 1. The van der Waals surface area contributed by atoms with E-state index < -0.39 is 10.0 Å². The van der Waals surface area contributed by atoms with Crippen LogP contribution in [0.5, 0.6) is 5.75 Å². The first-order valence-corrected chi connectivity index (χ1v) is 8.34. The van der Waals surface area contributed by atoms with Crippen LogP contribution in [0, 0.1) is 0 Å². The molecule has 7 heteroatoms. The Morgan fingerprint density at radius 1 is 1.04 bits per heavy atom. The zero-order valence-corrected chi connectivity index (χ0v) is 13.7. The fraction of sp³-hybridized carbons (Fsp3) is 0.188. The molecule has 0 unspecified atom stereocenters. The van der Waals surface area contributed by atoms with Gasteiger partial charge in [0.05, 0.1) is 4.90 Å². The van der Waals surface area contributed by atoms with E-state index in [0.29, 0.717) is 11.4 Å². The maximum atomic E-state index is 11.9. The molecule has 1 N–H and O–H groups in total. The number of hydrogen-bond donors (Lipinski definition) is 1. The van der Waals surface area contributed by atoms with Crippen LogP contribution in [-0.4, -0.2) is 39.3 Å². The third-order valence-electron chi connectivity index (χ3n) is 3.03. The first-order valence-electron chi connectivity index (χ1n) is 6.90. The van der Waals surface area contributed by atoms with Crippen LogP contribution in [0.25, 0.3) is 0 Å². The molecule has 2 rings (SSSR count). The lowest BCUT2D eigenvalue weighted by Crippen LogP contribution is -2.22. The lowest BCUT2D eigenvalue weighted by molar-refractivity contribution is -0.118. The molecule has 0 spiro atoms. The van der Waals surface area contributed by atoms with Crippen molar-refractivity contribution in [1.82, 2.24) is 4.31 Å². The summed E-state index contributed by atoms with van der Waals surface area (Å²) in [5, 5.41) is 2.65. The van der Waals surface area contributed by atoms with Crippen molar-refractivity contribution in [3.05, 3.63) is 54.6 Å². The van der Waals surface area contributed by atoms with Gasteiger partial charge in [0.25, 0.3) is 5.91 Å². The molecule has 23 heavy (non-hydrogen) atoms. The quantitative estimate of drug-likeness (QED) is 0.876. The highest BCUT2D eigenvalue weighted by molar-refractivity contribution is 7.89. The largest absolute Gasteiger partial charge is 0.484 e. The normalized spacial score (nSPS) is 11.3. The highest BCUT2D eigenvalue weighted by atomic mass is 32.2. The van der Waals surface area contributed by atoms with Gasteiger partial charge in [0, 0.05) is 19.8 Å². The van der Waals surface area contributed by atoms with Crippen LogP contribution in [0.1, 0.15) is 0 Å². The number of nitrogens with one attached hydrogen (secondary N) is 1. The number of amides is 1. The van der Waals surface area contributed by atoms with Gasteiger partial charge in [-0.2, -0.15) is 0 Å². The predicted molar refractivity (Wildman–Crippen MR) is 87.9 cm³/mol. The van der Waals surface area contributed by atoms with Crippen LogP contribution in [0.15, 0.2) is 59.5 Å². The molecule has 0 aromatic heterocycles. The van der Waals surface area contributed by atoms with Gasteiger partial charge >= 0.3 is 0 Å². The molecule has 0 aliphatic heterocycles. The Morgan fingerprint density at radius 3 is 2.22 bits per heavy atom. The van der Waals surface area contributed by atoms with Gasteiger partial charge in [0.15, 0.2) is 6.61 Å². The van der Waals surface area contributed by atoms with Crippen LogP contribution in [-0.2, 0) is 14.8 Å². The Hall–Kier alpha value is -2.38. The number of anilines is 1. The summed E-state index contributed by atoms with van der Waals surface area (Å²) >= 11 is 0. The third kappa shape index (κ3) is 4.54. The molecule has 0 radical (unpaired) electrons. The molecule has 6 nitrogen and oxygen atoms in total. The maximum Gasteiger partial charge on any atom is 0.262 e. The van der Waals surface area contributed by atoms with E-state index in [9.17, 15) is 13.2 Å². The van der Waals surface area contributed by atoms with Gasteiger partial charge in [-0.05, 0) is 36.4 Å². The molecule has 0 aliphatic rings. The third-order valence-corrected chi connectivity index (χ3v) is 4.86. The Morgan fingerprint density at radius 2 is 1.65 bits per heavy atom. The topological polar surface area (TPSA) is 75.7 Å². The lowest BCUT2D eigenvalue weighted by Gasteiger charge is -2.12. The van der Waals surface area contributed by atoms with Crippen molar-refractivity contribution < 1.29 is 17.9 Å². The van der Waals surface area contributed by atoms with E-state index in [-0.39, 0.29) is 17.4 Å². The number of para-hydroxylation sites is 1. The summed E-state index contributed by atoms with van der Waals surface area (Å²) in [7, 11) is -0.544. The van der Waals surface area contributed by atoms with Crippen LogP contribution >= 0.6 is 0 Å². The molecule has 0 bridgehead atoms. The Labute approximate surface area is 135 Å². The van der Waals surface area contributed by atoms with Crippen LogP contribution in [0.2, 0.25) is 0 Å². The van der Waals surface area contributed by atoms with Crippen molar-refractivity contribution in [2.45, 2.75) is 4.90 Å². The SMILES string of the molecule is CN(C)S(=O)(=O)c1ccc(NC(=O)COc2ccccc2)cc1. The second-order valence-corrected chi connectivity index (χ2v) is 7.11. The highest BCUT2D eigenvalue weighted by Gasteiger charge is 2.16. The second-order valence-electron chi connectivity index (χ2n) is 4.96. The molecule has 122 valence electrons. The maximum absolute atomic E-state index is 11.9. The molecular formula is C16H18N2O4S. The van der Waals surface area contributed by atoms with E-state index >= 15 is 0 Å². The first kappa shape index (κ1) is 17.0. The van der Waals surface area contributed by atoms with Crippen molar-refractivity contribution in [2.24, 2.45) is 0 Å². The number of hydrogen-bond acceptors (Lipinski definition) is 4. The molecule has 2 aromatic carbocycles. The Bertz CT molecular complexity index is 756. The highest BCUT2D eigenvalue weighted by Crippen LogP contribution is 2.16. The molecule has 0 fully saturated rings. The summed E-state index contributed by atoms with van der Waals surface area (Å²) in [5.41, 5.74) is 0.504. The van der Waals surface area contributed by atoms with E-state index in [1.807, 2.05) is 18.2 Å². The fourth-order valence-electron chi connectivity index (χ4n) is 1.78. The summed E-state index contributed by atoms with van der Waals surface area (Å²) in [4.78, 5) is 12.0. The predicted octanol–water partition coefficient (Wildman–Crippen LogP) is 1.95. The number of rotatable bonds is 6. The van der Waals surface area contributed by atoms with Crippen molar-refractivity contribution >= 4 is 21.6 Å². The first-order chi connectivity index (χ1) is 10.9. The van der Waals surface area contributed by atoms with E-state index in [2.05, 4.69) is 5.32 Å². The van der Waals surface area contributed by atoms with Crippen LogP contribution < -0.4 is 10.1 Å². The minimum Gasteiger partial charge on any atom is -0.484 e. The molecule has 0 aliphatic carbocycles. The van der Waals surface area contributed by atoms with E-state index in [0.717, 1.165) is 4.31 Å². The van der Waals surface area contributed by atoms with Gasteiger partial charge in [-0.25, -0.2) is 12.7 Å². The van der Waals surface area contributed by atoms with Crippen molar-refractivity contribution in [2.75, 3.05) is 26.0 Å². The zero-order valence-electron chi connectivity index (χ0n) is 12.9. The van der Waals surface area contributed by atoms with Crippen molar-refractivity contribution in [3.8, 4) is 5.75 Å². The number of ether oxygens (including phenoxy) is 1. The van der Waals surface area contributed by atoms with Crippen LogP contribution in [0.4, 0.5) is 5.69 Å². The van der Waals surface area contributed by atoms with Crippen molar-refractivity contribution in [3.63, 3.8) is 0 Å². The van der Waals surface area contributed by atoms with Gasteiger partial charge in [-0.15, -0.1) is 0 Å². The molecule has 1 amide bonds. The molecule has 0 saturated heterocycles. The summed E-state index contributed by atoms with van der Waals surface area (Å²) in [5.74, 6) is 0.284.